The minimum Gasteiger partial charge on any atom is -0.478 e. The van der Waals surface area contributed by atoms with E-state index in [1.807, 2.05) is 6.07 Å². The topological polar surface area (TPSA) is 85.5 Å². The molecule has 0 aliphatic rings. The standard InChI is InChI=1S/C15H10ClN3O2/c16-14-6-5-12(7-13(14)15(20)21)19-18-9-11-3-1-10(8-17)2-4-11/h1-7,9,19H,(H,20,21)/b18-9-. The van der Waals surface area contributed by atoms with E-state index in [0.717, 1.165) is 5.56 Å². The Balaban J connectivity index is 2.08. The van der Waals surface area contributed by atoms with Gasteiger partial charge >= 0.3 is 5.97 Å². The van der Waals surface area contributed by atoms with Crippen molar-refractivity contribution in [3.05, 3.63) is 64.2 Å². The van der Waals surface area contributed by atoms with Crippen LogP contribution >= 0.6 is 11.6 Å². The number of anilines is 1. The monoisotopic (exact) mass is 299 g/mol. The van der Waals surface area contributed by atoms with Gasteiger partial charge in [-0.15, -0.1) is 0 Å². The Morgan fingerprint density at radius 2 is 2.00 bits per heavy atom. The molecule has 0 heterocycles. The highest BCUT2D eigenvalue weighted by Crippen LogP contribution is 2.20. The third-order valence-electron chi connectivity index (χ3n) is 2.64. The molecule has 0 fully saturated rings. The van der Waals surface area contributed by atoms with E-state index in [9.17, 15) is 4.79 Å². The number of hydrogen-bond donors (Lipinski definition) is 2. The fourth-order valence-electron chi connectivity index (χ4n) is 1.58. The van der Waals surface area contributed by atoms with Gasteiger partial charge in [0.2, 0.25) is 0 Å². The summed E-state index contributed by atoms with van der Waals surface area (Å²) in [5.41, 5.74) is 4.64. The van der Waals surface area contributed by atoms with Gasteiger partial charge in [0.05, 0.1) is 34.1 Å². The predicted octanol–water partition coefficient (Wildman–Crippen LogP) is 3.36. The van der Waals surface area contributed by atoms with Crippen LogP contribution < -0.4 is 5.43 Å². The fourth-order valence-corrected chi connectivity index (χ4v) is 1.78. The molecule has 0 aromatic heterocycles. The molecule has 2 aromatic carbocycles. The molecule has 0 saturated heterocycles. The van der Waals surface area contributed by atoms with Crippen molar-refractivity contribution in [2.45, 2.75) is 0 Å². The van der Waals surface area contributed by atoms with Gasteiger partial charge in [0, 0.05) is 0 Å². The number of halogens is 1. The summed E-state index contributed by atoms with van der Waals surface area (Å²) in [6.07, 6.45) is 1.57. The molecule has 0 aliphatic carbocycles. The number of nitriles is 1. The number of nitrogens with zero attached hydrogens (tertiary/aromatic N) is 2. The van der Waals surface area contributed by atoms with Crippen LogP contribution in [0.5, 0.6) is 0 Å². The molecule has 0 aliphatic heterocycles. The number of aromatic carboxylic acids is 1. The molecule has 0 saturated carbocycles. The molecule has 21 heavy (non-hydrogen) atoms. The molecule has 6 heteroatoms. The van der Waals surface area contributed by atoms with Crippen molar-refractivity contribution in [2.75, 3.05) is 5.43 Å². The average molecular weight is 300 g/mol. The maximum atomic E-state index is 11.0. The number of benzene rings is 2. The summed E-state index contributed by atoms with van der Waals surface area (Å²) >= 11 is 5.78. The van der Waals surface area contributed by atoms with Gasteiger partial charge in [0.15, 0.2) is 0 Å². The van der Waals surface area contributed by atoms with Crippen LogP contribution in [0.1, 0.15) is 21.5 Å². The maximum absolute atomic E-state index is 11.0. The van der Waals surface area contributed by atoms with E-state index in [1.54, 1.807) is 36.5 Å². The van der Waals surface area contributed by atoms with Crippen molar-refractivity contribution in [1.82, 2.24) is 0 Å². The van der Waals surface area contributed by atoms with E-state index in [0.29, 0.717) is 11.3 Å². The second kappa shape index (κ2) is 6.55. The van der Waals surface area contributed by atoms with E-state index in [-0.39, 0.29) is 10.6 Å². The van der Waals surface area contributed by atoms with E-state index in [1.165, 1.54) is 12.1 Å². The van der Waals surface area contributed by atoms with Crippen molar-refractivity contribution in [3.63, 3.8) is 0 Å². The first-order valence-corrected chi connectivity index (χ1v) is 6.30. The summed E-state index contributed by atoms with van der Waals surface area (Å²) in [6, 6.07) is 13.4. The highest BCUT2D eigenvalue weighted by Gasteiger charge is 2.08. The molecule has 0 radical (unpaired) electrons. The zero-order valence-corrected chi connectivity index (χ0v) is 11.5. The van der Waals surface area contributed by atoms with Gasteiger partial charge in [0.25, 0.3) is 0 Å². The Hall–Kier alpha value is -2.84. The van der Waals surface area contributed by atoms with Crippen LogP contribution in [0.3, 0.4) is 0 Å². The number of carboxylic acid groups (broad SMARTS) is 1. The first kappa shape index (κ1) is 14.6. The highest BCUT2D eigenvalue weighted by atomic mass is 35.5. The number of carboxylic acids is 1. The number of hydrogen-bond acceptors (Lipinski definition) is 4. The normalized spacial score (nSPS) is 10.3. The molecule has 0 spiro atoms. The van der Waals surface area contributed by atoms with Gasteiger partial charge in [0.1, 0.15) is 0 Å². The Labute approximate surface area is 126 Å². The SMILES string of the molecule is N#Cc1ccc(/C=N\Nc2ccc(Cl)c(C(=O)O)c2)cc1. The molecule has 104 valence electrons. The van der Waals surface area contributed by atoms with Crippen LogP contribution in [0, 0.1) is 11.3 Å². The van der Waals surface area contributed by atoms with Crippen LogP contribution in [-0.4, -0.2) is 17.3 Å². The predicted molar refractivity (Wildman–Crippen MR) is 80.8 cm³/mol. The van der Waals surface area contributed by atoms with Crippen LogP contribution in [0.25, 0.3) is 0 Å². The zero-order valence-electron chi connectivity index (χ0n) is 10.7. The van der Waals surface area contributed by atoms with Crippen LogP contribution in [-0.2, 0) is 0 Å². The Bertz CT molecular complexity index is 734. The highest BCUT2D eigenvalue weighted by molar-refractivity contribution is 6.33. The second-order valence-corrected chi connectivity index (χ2v) is 4.51. The van der Waals surface area contributed by atoms with E-state index in [2.05, 4.69) is 10.5 Å². The lowest BCUT2D eigenvalue weighted by molar-refractivity contribution is 0.0697. The Morgan fingerprint density at radius 1 is 1.29 bits per heavy atom. The Kier molecular flexibility index (Phi) is 4.54. The van der Waals surface area contributed by atoms with Crippen LogP contribution in [0.2, 0.25) is 5.02 Å². The number of nitrogens with one attached hydrogen (secondary N) is 1. The minimum absolute atomic E-state index is 0.00948. The quantitative estimate of drug-likeness (QED) is 0.669. The summed E-state index contributed by atoms with van der Waals surface area (Å²) in [5.74, 6) is -1.10. The van der Waals surface area contributed by atoms with E-state index in [4.69, 9.17) is 22.0 Å². The minimum atomic E-state index is -1.10. The lowest BCUT2D eigenvalue weighted by atomic mass is 10.2. The molecule has 2 aromatic rings. The molecule has 0 amide bonds. The van der Waals surface area contributed by atoms with Gasteiger partial charge in [-0.25, -0.2) is 4.79 Å². The molecule has 2 N–H and O–H groups in total. The van der Waals surface area contributed by atoms with Gasteiger partial charge in [-0.3, -0.25) is 5.43 Å². The van der Waals surface area contributed by atoms with Crippen molar-refractivity contribution >= 4 is 29.5 Å². The van der Waals surface area contributed by atoms with E-state index < -0.39 is 5.97 Å². The third kappa shape index (κ3) is 3.81. The molecule has 2 rings (SSSR count). The Morgan fingerprint density at radius 3 is 2.62 bits per heavy atom. The molecule has 5 nitrogen and oxygen atoms in total. The first-order chi connectivity index (χ1) is 10.1. The molecule has 0 atom stereocenters. The van der Waals surface area contributed by atoms with Gasteiger partial charge in [-0.05, 0) is 35.9 Å². The number of carbonyl (C=O) groups is 1. The zero-order chi connectivity index (χ0) is 15.2. The van der Waals surface area contributed by atoms with Gasteiger partial charge in [-0.2, -0.15) is 10.4 Å². The smallest absolute Gasteiger partial charge is 0.337 e. The van der Waals surface area contributed by atoms with Crippen molar-refractivity contribution < 1.29 is 9.90 Å². The fraction of sp³-hybridized carbons (Fsp3) is 0. The summed E-state index contributed by atoms with van der Waals surface area (Å²) in [4.78, 5) is 11.0. The summed E-state index contributed by atoms with van der Waals surface area (Å²) in [5, 5.41) is 21.8. The summed E-state index contributed by atoms with van der Waals surface area (Å²) in [7, 11) is 0. The lowest BCUT2D eigenvalue weighted by Crippen LogP contribution is -1.99. The van der Waals surface area contributed by atoms with Crippen LogP contribution in [0.15, 0.2) is 47.6 Å². The third-order valence-corrected chi connectivity index (χ3v) is 2.97. The average Bonchev–Trinajstić information content (AvgIpc) is 2.49. The van der Waals surface area contributed by atoms with Gasteiger partial charge in [-0.1, -0.05) is 23.7 Å². The van der Waals surface area contributed by atoms with Crippen molar-refractivity contribution in [3.8, 4) is 6.07 Å². The molecular weight excluding hydrogens is 290 g/mol. The summed E-state index contributed by atoms with van der Waals surface area (Å²) in [6.45, 7) is 0. The number of rotatable bonds is 4. The van der Waals surface area contributed by atoms with E-state index >= 15 is 0 Å². The summed E-state index contributed by atoms with van der Waals surface area (Å²) < 4.78 is 0. The number of hydrazone groups is 1. The lowest BCUT2D eigenvalue weighted by Gasteiger charge is -2.03. The van der Waals surface area contributed by atoms with Crippen molar-refractivity contribution in [2.24, 2.45) is 5.10 Å². The largest absolute Gasteiger partial charge is 0.478 e. The first-order valence-electron chi connectivity index (χ1n) is 5.92. The second-order valence-electron chi connectivity index (χ2n) is 4.10. The molecular formula is C15H10ClN3O2. The molecule has 0 bridgehead atoms. The van der Waals surface area contributed by atoms with Gasteiger partial charge < -0.3 is 5.11 Å². The van der Waals surface area contributed by atoms with Crippen molar-refractivity contribution in [1.29, 1.82) is 5.26 Å². The van der Waals surface area contributed by atoms with Crippen LogP contribution in [0.4, 0.5) is 5.69 Å². The maximum Gasteiger partial charge on any atom is 0.337 e. The molecule has 0 unspecified atom stereocenters.